The Morgan fingerprint density at radius 1 is 0.958 bits per heavy atom. The smallest absolute Gasteiger partial charge is 0.176 e. The Bertz CT molecular complexity index is 554. The molecule has 1 aliphatic carbocycles. The molecule has 0 bridgehead atoms. The van der Waals surface area contributed by atoms with Gasteiger partial charge in [-0.1, -0.05) is 57.9 Å². The Hall–Kier alpha value is -1.43. The summed E-state index contributed by atoms with van der Waals surface area (Å²) in [5.41, 5.74) is 0.262. The summed E-state index contributed by atoms with van der Waals surface area (Å²) in [5, 5.41) is 8.77. The molecule has 1 aromatic rings. The summed E-state index contributed by atoms with van der Waals surface area (Å²) in [5.74, 6) is -0.940. The van der Waals surface area contributed by atoms with Gasteiger partial charge in [0.2, 0.25) is 0 Å². The van der Waals surface area contributed by atoms with E-state index in [1.54, 1.807) is 12.1 Å². The van der Waals surface area contributed by atoms with Crippen molar-refractivity contribution in [3.63, 3.8) is 0 Å². The highest BCUT2D eigenvalue weighted by Gasteiger charge is 2.26. The van der Waals surface area contributed by atoms with Crippen LogP contribution < -0.4 is 0 Å². The van der Waals surface area contributed by atoms with Crippen LogP contribution in [0.1, 0.15) is 94.6 Å². The Morgan fingerprint density at radius 3 is 2.29 bits per heavy atom. The third-order valence-electron chi connectivity index (χ3n) is 5.49. The highest BCUT2D eigenvalue weighted by atomic mass is 19.2. The van der Waals surface area contributed by atoms with E-state index in [2.05, 4.69) is 6.92 Å². The van der Waals surface area contributed by atoms with Crippen molar-refractivity contribution in [2.45, 2.75) is 83.5 Å². The topological polar surface area (TPSA) is 23.8 Å². The average molecular weight is 333 g/mol. The largest absolute Gasteiger partial charge is 0.203 e. The van der Waals surface area contributed by atoms with Gasteiger partial charge in [0.15, 0.2) is 11.6 Å². The van der Waals surface area contributed by atoms with Gasteiger partial charge in [-0.05, 0) is 49.1 Å². The third-order valence-corrected chi connectivity index (χ3v) is 5.49. The summed E-state index contributed by atoms with van der Waals surface area (Å²) < 4.78 is 27.9. The Morgan fingerprint density at radius 2 is 1.62 bits per heavy atom. The molecule has 1 fully saturated rings. The molecule has 0 heterocycles. The maximum Gasteiger partial charge on any atom is 0.176 e. The second-order valence-corrected chi connectivity index (χ2v) is 7.22. The molecule has 0 amide bonds. The van der Waals surface area contributed by atoms with E-state index in [4.69, 9.17) is 5.26 Å². The van der Waals surface area contributed by atoms with Crippen molar-refractivity contribution in [3.05, 3.63) is 34.9 Å². The minimum Gasteiger partial charge on any atom is -0.203 e. The van der Waals surface area contributed by atoms with Crippen LogP contribution >= 0.6 is 0 Å². The van der Waals surface area contributed by atoms with Crippen LogP contribution in [0.3, 0.4) is 0 Å². The van der Waals surface area contributed by atoms with Gasteiger partial charge in [-0.15, -0.1) is 0 Å². The van der Waals surface area contributed by atoms with E-state index in [0.29, 0.717) is 5.56 Å². The molecule has 0 radical (unpaired) electrons. The molecule has 24 heavy (non-hydrogen) atoms. The normalized spacial score (nSPS) is 20.8. The first-order chi connectivity index (χ1) is 11.7. The van der Waals surface area contributed by atoms with Crippen LogP contribution in [0.15, 0.2) is 12.1 Å². The van der Waals surface area contributed by atoms with Gasteiger partial charge in [-0.25, -0.2) is 8.78 Å². The van der Waals surface area contributed by atoms with Crippen molar-refractivity contribution >= 4 is 0 Å². The zero-order chi connectivity index (χ0) is 17.4. The molecule has 2 rings (SSSR count). The predicted octanol–water partition coefficient (Wildman–Crippen LogP) is 6.86. The van der Waals surface area contributed by atoms with Crippen molar-refractivity contribution in [1.82, 2.24) is 0 Å². The lowest BCUT2D eigenvalue weighted by molar-refractivity contribution is 0.297. The monoisotopic (exact) mass is 333 g/mol. The molecule has 1 aromatic carbocycles. The standard InChI is InChI=1S/C21H29F2N/c1-2-3-4-5-6-7-8-16-9-11-17(12-10-16)19-14-13-18(15-24)20(22)21(19)23/h13-14,16-17H,2-12H2,1H3/t16-,17-. The van der Waals surface area contributed by atoms with Crippen molar-refractivity contribution in [2.24, 2.45) is 5.92 Å². The predicted molar refractivity (Wildman–Crippen MR) is 93.8 cm³/mol. The van der Waals surface area contributed by atoms with E-state index in [1.165, 1.54) is 51.0 Å². The van der Waals surface area contributed by atoms with Crippen molar-refractivity contribution in [2.75, 3.05) is 0 Å². The zero-order valence-electron chi connectivity index (χ0n) is 14.8. The van der Waals surface area contributed by atoms with Crippen LogP contribution in [0, 0.1) is 28.9 Å². The summed E-state index contributed by atoms with van der Waals surface area (Å²) in [6, 6.07) is 4.72. The molecule has 3 heteroatoms. The van der Waals surface area contributed by atoms with Gasteiger partial charge in [0, 0.05) is 0 Å². The molecule has 132 valence electrons. The highest BCUT2D eigenvalue weighted by molar-refractivity contribution is 5.36. The molecule has 1 aliphatic rings. The molecular formula is C21H29F2N. The maximum absolute atomic E-state index is 14.2. The fraction of sp³-hybridized carbons (Fsp3) is 0.667. The maximum atomic E-state index is 14.2. The fourth-order valence-electron chi connectivity index (χ4n) is 3.94. The van der Waals surface area contributed by atoms with Crippen molar-refractivity contribution in [3.8, 4) is 6.07 Å². The van der Waals surface area contributed by atoms with Crippen LogP contribution in [-0.4, -0.2) is 0 Å². The highest BCUT2D eigenvalue weighted by Crippen LogP contribution is 2.39. The first-order valence-electron chi connectivity index (χ1n) is 9.55. The lowest BCUT2D eigenvalue weighted by atomic mass is 9.76. The van der Waals surface area contributed by atoms with E-state index < -0.39 is 11.6 Å². The van der Waals surface area contributed by atoms with E-state index in [0.717, 1.165) is 31.6 Å². The number of hydrogen-bond donors (Lipinski definition) is 0. The molecule has 0 aliphatic heterocycles. The summed E-state index contributed by atoms with van der Waals surface area (Å²) in [4.78, 5) is 0. The van der Waals surface area contributed by atoms with Crippen LogP contribution in [0.2, 0.25) is 0 Å². The lowest BCUT2D eigenvalue weighted by Gasteiger charge is -2.29. The summed E-state index contributed by atoms with van der Waals surface area (Å²) in [6.07, 6.45) is 13.3. The van der Waals surface area contributed by atoms with Crippen LogP contribution in [-0.2, 0) is 0 Å². The quantitative estimate of drug-likeness (QED) is 0.477. The second-order valence-electron chi connectivity index (χ2n) is 7.22. The summed E-state index contributed by atoms with van der Waals surface area (Å²) in [7, 11) is 0. The lowest BCUT2D eigenvalue weighted by Crippen LogP contribution is -2.15. The van der Waals surface area contributed by atoms with Gasteiger partial charge in [0.25, 0.3) is 0 Å². The summed E-state index contributed by atoms with van der Waals surface area (Å²) >= 11 is 0. The molecule has 0 unspecified atom stereocenters. The van der Waals surface area contributed by atoms with Crippen molar-refractivity contribution in [1.29, 1.82) is 5.26 Å². The van der Waals surface area contributed by atoms with Crippen LogP contribution in [0.25, 0.3) is 0 Å². The van der Waals surface area contributed by atoms with Gasteiger partial charge in [-0.2, -0.15) is 5.26 Å². The number of halogens is 2. The van der Waals surface area contributed by atoms with Crippen molar-refractivity contribution < 1.29 is 8.78 Å². The molecule has 1 saturated carbocycles. The number of benzene rings is 1. The minimum absolute atomic E-state index is 0.105. The molecule has 0 N–H and O–H groups in total. The van der Waals surface area contributed by atoms with Gasteiger partial charge >= 0.3 is 0 Å². The molecule has 0 spiro atoms. The average Bonchev–Trinajstić information content (AvgIpc) is 2.61. The minimum atomic E-state index is -0.982. The molecule has 0 aromatic heterocycles. The van der Waals surface area contributed by atoms with Gasteiger partial charge < -0.3 is 0 Å². The number of rotatable bonds is 8. The Balaban J connectivity index is 1.77. The summed E-state index contributed by atoms with van der Waals surface area (Å²) in [6.45, 7) is 2.24. The molecular weight excluding hydrogens is 304 g/mol. The van der Waals surface area contributed by atoms with E-state index >= 15 is 0 Å². The fourth-order valence-corrected chi connectivity index (χ4v) is 3.94. The van der Waals surface area contributed by atoms with Gasteiger partial charge in [0.1, 0.15) is 6.07 Å². The van der Waals surface area contributed by atoms with E-state index in [9.17, 15) is 8.78 Å². The number of nitriles is 1. The number of unbranched alkanes of at least 4 members (excludes halogenated alkanes) is 5. The Kier molecular flexibility index (Phi) is 7.69. The van der Waals surface area contributed by atoms with Gasteiger partial charge in [0.05, 0.1) is 5.56 Å². The Labute approximate surface area is 145 Å². The van der Waals surface area contributed by atoms with Gasteiger partial charge in [-0.3, -0.25) is 0 Å². The second kappa shape index (κ2) is 9.77. The van der Waals surface area contributed by atoms with E-state index in [1.807, 2.05) is 0 Å². The number of nitrogens with zero attached hydrogens (tertiary/aromatic N) is 1. The SMILES string of the molecule is CCCCCCCC[C@H]1CC[C@H](c2ccc(C#N)c(F)c2F)CC1. The van der Waals surface area contributed by atoms with Crippen LogP contribution in [0.4, 0.5) is 8.78 Å². The van der Waals surface area contributed by atoms with Crippen LogP contribution in [0.5, 0.6) is 0 Å². The zero-order valence-corrected chi connectivity index (χ0v) is 14.8. The molecule has 0 saturated heterocycles. The van der Waals surface area contributed by atoms with E-state index in [-0.39, 0.29) is 11.5 Å². The molecule has 1 nitrogen and oxygen atoms in total. The number of hydrogen-bond acceptors (Lipinski definition) is 1. The third kappa shape index (κ3) is 5.03. The molecule has 0 atom stereocenters. The first kappa shape index (κ1) is 18.9. The first-order valence-corrected chi connectivity index (χ1v) is 9.55.